The lowest BCUT2D eigenvalue weighted by Gasteiger charge is -2.30. The molecular formula is C13H19ClFN3O4S. The zero-order valence-electron chi connectivity index (χ0n) is 12.8. The topological polar surface area (TPSA) is 92.6 Å². The van der Waals surface area contributed by atoms with Gasteiger partial charge >= 0.3 is 0 Å². The molecule has 0 saturated carbocycles. The second kappa shape index (κ2) is 7.52. The Labute approximate surface area is 140 Å². The normalized spacial score (nSPS) is 16.8. The van der Waals surface area contributed by atoms with Crippen molar-refractivity contribution in [2.75, 3.05) is 20.1 Å². The smallest absolute Gasteiger partial charge is 0.276 e. The lowest BCUT2D eigenvalue weighted by atomic mass is 10.1. The van der Waals surface area contributed by atoms with E-state index in [1.807, 2.05) is 7.05 Å². The van der Waals surface area contributed by atoms with Gasteiger partial charge in [-0.1, -0.05) is 0 Å². The predicted molar refractivity (Wildman–Crippen MR) is 85.9 cm³/mol. The van der Waals surface area contributed by atoms with E-state index in [0.29, 0.717) is 25.9 Å². The summed E-state index contributed by atoms with van der Waals surface area (Å²) in [6.07, 6.45) is 1.29. The van der Waals surface area contributed by atoms with Crippen molar-refractivity contribution >= 4 is 28.1 Å². The van der Waals surface area contributed by atoms with Crippen molar-refractivity contribution in [2.24, 2.45) is 0 Å². The van der Waals surface area contributed by atoms with E-state index in [-0.39, 0.29) is 28.9 Å². The molecule has 0 aliphatic carbocycles. The first-order valence-corrected chi connectivity index (χ1v) is 8.33. The highest BCUT2D eigenvalue weighted by Crippen LogP contribution is 2.28. The van der Waals surface area contributed by atoms with Gasteiger partial charge in [0.1, 0.15) is 5.82 Å². The molecule has 23 heavy (non-hydrogen) atoms. The zero-order valence-corrected chi connectivity index (χ0v) is 14.4. The van der Waals surface area contributed by atoms with Crippen LogP contribution < -0.4 is 5.32 Å². The van der Waals surface area contributed by atoms with Crippen LogP contribution in [0.4, 0.5) is 10.1 Å². The molecule has 0 bridgehead atoms. The largest absolute Gasteiger partial charge is 0.317 e. The molecule has 130 valence electrons. The summed E-state index contributed by atoms with van der Waals surface area (Å²) in [6.45, 7) is 1.86. The summed E-state index contributed by atoms with van der Waals surface area (Å²) in [6, 6.07) is 2.02. The van der Waals surface area contributed by atoms with Crippen molar-refractivity contribution in [1.29, 1.82) is 0 Å². The minimum Gasteiger partial charge on any atom is -0.317 e. The molecule has 0 aromatic heterocycles. The maximum absolute atomic E-state index is 13.8. The average molecular weight is 368 g/mol. The molecule has 7 nitrogen and oxygen atoms in total. The van der Waals surface area contributed by atoms with Crippen molar-refractivity contribution in [3.05, 3.63) is 33.6 Å². The summed E-state index contributed by atoms with van der Waals surface area (Å²) in [5.41, 5.74) is -0.693. The van der Waals surface area contributed by atoms with Crippen LogP contribution >= 0.6 is 12.4 Å². The molecular weight excluding hydrogens is 349 g/mol. The van der Waals surface area contributed by atoms with E-state index in [1.54, 1.807) is 0 Å². The highest BCUT2D eigenvalue weighted by Gasteiger charge is 2.31. The minimum absolute atomic E-state index is 0. The van der Waals surface area contributed by atoms with Gasteiger partial charge in [0.15, 0.2) is 0 Å². The SMILES string of the molecule is CNC1CCN(S(=O)(=O)c2cc(F)c(C)c([N+](=O)[O-])c2)CC1.Cl. The molecule has 1 aliphatic heterocycles. The molecule has 1 aromatic rings. The molecule has 1 saturated heterocycles. The Kier molecular flexibility index (Phi) is 6.46. The molecule has 0 atom stereocenters. The quantitative estimate of drug-likeness (QED) is 0.647. The van der Waals surface area contributed by atoms with Crippen molar-refractivity contribution in [2.45, 2.75) is 30.7 Å². The second-order valence-electron chi connectivity index (χ2n) is 5.27. The summed E-state index contributed by atoms with van der Waals surface area (Å²) in [4.78, 5) is 9.79. The number of nitro benzene ring substituents is 1. The van der Waals surface area contributed by atoms with Crippen molar-refractivity contribution < 1.29 is 17.7 Å². The number of hydrogen-bond acceptors (Lipinski definition) is 5. The number of halogens is 2. The van der Waals surface area contributed by atoms with Gasteiger partial charge in [-0.2, -0.15) is 4.31 Å². The number of hydrogen-bond donors (Lipinski definition) is 1. The van der Waals surface area contributed by atoms with E-state index in [9.17, 15) is 22.9 Å². The summed E-state index contributed by atoms with van der Waals surface area (Å²) in [5.74, 6) is -0.891. The van der Waals surface area contributed by atoms with Crippen molar-refractivity contribution in [3.8, 4) is 0 Å². The Bertz CT molecular complexity index is 691. The molecule has 0 spiro atoms. The van der Waals surface area contributed by atoms with E-state index in [2.05, 4.69) is 5.32 Å². The predicted octanol–water partition coefficient (Wildman–Crippen LogP) is 1.84. The lowest BCUT2D eigenvalue weighted by molar-refractivity contribution is -0.385. The third-order valence-electron chi connectivity index (χ3n) is 3.99. The number of sulfonamides is 1. The molecule has 0 unspecified atom stereocenters. The van der Waals surface area contributed by atoms with Crippen LogP contribution in [0.3, 0.4) is 0 Å². The Morgan fingerprint density at radius 1 is 1.35 bits per heavy atom. The van der Waals surface area contributed by atoms with Gasteiger partial charge < -0.3 is 5.32 Å². The molecule has 1 aromatic carbocycles. The van der Waals surface area contributed by atoms with Crippen LogP contribution in [0.2, 0.25) is 0 Å². The molecule has 2 rings (SSSR count). The summed E-state index contributed by atoms with van der Waals surface area (Å²) in [7, 11) is -2.11. The molecule has 0 radical (unpaired) electrons. The second-order valence-corrected chi connectivity index (χ2v) is 7.21. The first-order chi connectivity index (χ1) is 10.3. The number of piperidine rings is 1. The molecule has 10 heteroatoms. The standard InChI is InChI=1S/C13H18FN3O4S.ClH/c1-9-12(14)7-11(8-13(9)17(18)19)22(20,21)16-5-3-10(15-2)4-6-16;/h7-8,10,15H,3-6H2,1-2H3;1H. The van der Waals surface area contributed by atoms with E-state index < -0.39 is 26.5 Å². The zero-order chi connectivity index (χ0) is 16.5. The minimum atomic E-state index is -3.93. The van der Waals surface area contributed by atoms with E-state index in [0.717, 1.165) is 12.1 Å². The van der Waals surface area contributed by atoms with Crippen LogP contribution in [-0.4, -0.2) is 43.8 Å². The maximum Gasteiger partial charge on any atom is 0.276 e. The van der Waals surface area contributed by atoms with Crippen LogP contribution in [0, 0.1) is 22.9 Å². The van der Waals surface area contributed by atoms with Crippen LogP contribution in [0.5, 0.6) is 0 Å². The summed E-state index contributed by atoms with van der Waals surface area (Å²) < 4.78 is 40.1. The summed E-state index contributed by atoms with van der Waals surface area (Å²) >= 11 is 0. The van der Waals surface area contributed by atoms with Gasteiger partial charge in [0.2, 0.25) is 10.0 Å². The molecule has 0 amide bonds. The van der Waals surface area contributed by atoms with Gasteiger partial charge in [-0.15, -0.1) is 12.4 Å². The van der Waals surface area contributed by atoms with Gasteiger partial charge in [-0.3, -0.25) is 10.1 Å². The average Bonchev–Trinajstić information content (AvgIpc) is 2.49. The highest BCUT2D eigenvalue weighted by atomic mass is 35.5. The molecule has 1 aliphatic rings. The Morgan fingerprint density at radius 3 is 2.39 bits per heavy atom. The third-order valence-corrected chi connectivity index (χ3v) is 5.86. The van der Waals surface area contributed by atoms with Gasteiger partial charge in [0.25, 0.3) is 5.69 Å². The van der Waals surface area contributed by atoms with Crippen LogP contribution in [-0.2, 0) is 10.0 Å². The van der Waals surface area contributed by atoms with E-state index in [4.69, 9.17) is 0 Å². The maximum atomic E-state index is 13.8. The first-order valence-electron chi connectivity index (χ1n) is 6.89. The van der Waals surface area contributed by atoms with Gasteiger partial charge in [0, 0.05) is 25.2 Å². The van der Waals surface area contributed by atoms with Gasteiger partial charge in [-0.25, -0.2) is 12.8 Å². The van der Waals surface area contributed by atoms with E-state index in [1.165, 1.54) is 11.2 Å². The monoisotopic (exact) mass is 367 g/mol. The lowest BCUT2D eigenvalue weighted by Crippen LogP contribution is -2.43. The molecule has 1 N–H and O–H groups in total. The highest BCUT2D eigenvalue weighted by molar-refractivity contribution is 7.89. The fourth-order valence-electron chi connectivity index (χ4n) is 2.51. The third kappa shape index (κ3) is 3.97. The summed E-state index contributed by atoms with van der Waals surface area (Å²) in [5, 5.41) is 14.0. The molecule has 1 heterocycles. The Hall–Kier alpha value is -1.29. The fraction of sp³-hybridized carbons (Fsp3) is 0.538. The van der Waals surface area contributed by atoms with Crippen molar-refractivity contribution in [1.82, 2.24) is 9.62 Å². The Balaban J connectivity index is 0.00000264. The number of benzene rings is 1. The number of nitrogens with one attached hydrogen (secondary N) is 1. The van der Waals surface area contributed by atoms with Gasteiger partial charge in [-0.05, 0) is 32.9 Å². The van der Waals surface area contributed by atoms with Crippen LogP contribution in [0.1, 0.15) is 18.4 Å². The fourth-order valence-corrected chi connectivity index (χ4v) is 4.02. The van der Waals surface area contributed by atoms with Crippen molar-refractivity contribution in [3.63, 3.8) is 0 Å². The van der Waals surface area contributed by atoms with Gasteiger partial charge in [0.05, 0.1) is 15.4 Å². The van der Waals surface area contributed by atoms with Crippen LogP contribution in [0.25, 0.3) is 0 Å². The Morgan fingerprint density at radius 2 is 1.91 bits per heavy atom. The van der Waals surface area contributed by atoms with Crippen LogP contribution in [0.15, 0.2) is 17.0 Å². The number of rotatable bonds is 4. The first kappa shape index (κ1) is 19.8. The number of nitro groups is 1. The van der Waals surface area contributed by atoms with E-state index >= 15 is 0 Å². The number of nitrogens with zero attached hydrogens (tertiary/aromatic N) is 2. The molecule has 1 fully saturated rings.